The number of fused-ring (bicyclic) bond motifs is 1. The van der Waals surface area contributed by atoms with E-state index in [1.165, 1.54) is 18.6 Å². The summed E-state index contributed by atoms with van der Waals surface area (Å²) in [6, 6.07) is 21.6. The summed E-state index contributed by atoms with van der Waals surface area (Å²) in [5, 5.41) is 4.01. The first-order chi connectivity index (χ1) is 18.5. The van der Waals surface area contributed by atoms with Gasteiger partial charge in [0.2, 0.25) is 0 Å². The summed E-state index contributed by atoms with van der Waals surface area (Å²) < 4.78 is 13.4. The molecule has 1 heterocycles. The van der Waals surface area contributed by atoms with Crippen molar-refractivity contribution in [3.05, 3.63) is 111 Å². The van der Waals surface area contributed by atoms with E-state index < -0.39 is 0 Å². The second kappa shape index (κ2) is 12.2. The summed E-state index contributed by atoms with van der Waals surface area (Å²) >= 11 is 7.60. The first-order valence-corrected chi connectivity index (χ1v) is 14.3. The van der Waals surface area contributed by atoms with Crippen molar-refractivity contribution in [2.45, 2.75) is 49.9 Å². The molecule has 2 amide bonds. The third kappa shape index (κ3) is 6.48. The van der Waals surface area contributed by atoms with Crippen molar-refractivity contribution in [3.8, 4) is 0 Å². The van der Waals surface area contributed by atoms with Gasteiger partial charge in [-0.15, -0.1) is 11.8 Å². The van der Waals surface area contributed by atoms with Crippen molar-refractivity contribution < 1.29 is 14.0 Å². The van der Waals surface area contributed by atoms with E-state index in [-0.39, 0.29) is 23.7 Å². The van der Waals surface area contributed by atoms with Crippen LogP contribution >= 0.6 is 23.4 Å². The number of benzene rings is 3. The van der Waals surface area contributed by atoms with Gasteiger partial charge in [-0.25, -0.2) is 4.39 Å². The van der Waals surface area contributed by atoms with Crippen LogP contribution in [-0.2, 0) is 17.8 Å². The van der Waals surface area contributed by atoms with Gasteiger partial charge in [0.25, 0.3) is 11.8 Å². The van der Waals surface area contributed by atoms with Gasteiger partial charge in [-0.2, -0.15) is 0 Å². The predicted molar refractivity (Wildman–Crippen MR) is 152 cm³/mol. The first-order valence-electron chi connectivity index (χ1n) is 13.0. The number of rotatable bonds is 7. The minimum absolute atomic E-state index is 0.0199. The lowest BCUT2D eigenvalue weighted by Gasteiger charge is -2.44. The molecule has 3 aromatic carbocycles. The fraction of sp³-hybridized carbons (Fsp3) is 0.290. The fourth-order valence-electron chi connectivity index (χ4n) is 5.10. The number of hydrogen-bond acceptors (Lipinski definition) is 3. The first kappa shape index (κ1) is 26.5. The summed E-state index contributed by atoms with van der Waals surface area (Å²) in [4.78, 5) is 28.9. The molecular weight excluding hydrogens is 519 g/mol. The maximum Gasteiger partial charge on any atom is 0.260 e. The molecule has 4 nitrogen and oxygen atoms in total. The molecule has 1 N–H and O–H groups in total. The number of carbonyl (C=O) groups is 2. The Hall–Kier alpha value is -3.09. The standard InChI is InChI=1S/C31H30ClFN2O2S/c32-25-13-7-21(8-14-25)17-18-34-30(36)24-11-5-22(6-12-24)19-29-31(37)35(20-23-9-15-26(33)16-10-23)27-3-1-2-4-28(27)38-29/h5-16,19,27-28H,1-4,17-18,20H2,(H,34,36)/b29-19-. The minimum Gasteiger partial charge on any atom is -0.352 e. The third-order valence-electron chi connectivity index (χ3n) is 7.17. The van der Waals surface area contributed by atoms with Crippen LogP contribution in [0.15, 0.2) is 77.7 Å². The Morgan fingerprint density at radius 2 is 1.66 bits per heavy atom. The molecule has 2 unspecified atom stereocenters. The van der Waals surface area contributed by atoms with Crippen molar-refractivity contribution in [1.82, 2.24) is 10.2 Å². The number of nitrogens with zero attached hydrogens (tertiary/aromatic N) is 1. The highest BCUT2D eigenvalue weighted by atomic mass is 35.5. The van der Waals surface area contributed by atoms with Crippen LogP contribution in [0.25, 0.3) is 6.08 Å². The van der Waals surface area contributed by atoms with Gasteiger partial charge in [-0.05, 0) is 78.4 Å². The highest BCUT2D eigenvalue weighted by Crippen LogP contribution is 2.42. The van der Waals surface area contributed by atoms with Crippen molar-refractivity contribution in [3.63, 3.8) is 0 Å². The largest absolute Gasteiger partial charge is 0.352 e. The molecule has 3 aromatic rings. The lowest BCUT2D eigenvalue weighted by Crippen LogP contribution is -2.50. The van der Waals surface area contributed by atoms with Gasteiger partial charge in [0.15, 0.2) is 0 Å². The lowest BCUT2D eigenvalue weighted by molar-refractivity contribution is -0.130. The zero-order valence-corrected chi connectivity index (χ0v) is 22.6. The van der Waals surface area contributed by atoms with E-state index in [0.29, 0.717) is 28.9 Å². The van der Waals surface area contributed by atoms with Gasteiger partial charge in [0, 0.05) is 35.0 Å². The predicted octanol–water partition coefficient (Wildman–Crippen LogP) is 6.88. The van der Waals surface area contributed by atoms with Crippen molar-refractivity contribution >= 4 is 41.3 Å². The van der Waals surface area contributed by atoms with E-state index in [1.54, 1.807) is 36.0 Å². The number of amides is 2. The van der Waals surface area contributed by atoms with Crippen LogP contribution in [0, 0.1) is 5.82 Å². The molecule has 1 aliphatic carbocycles. The summed E-state index contributed by atoms with van der Waals surface area (Å²) in [7, 11) is 0. The molecule has 38 heavy (non-hydrogen) atoms. The van der Waals surface area contributed by atoms with Crippen molar-refractivity contribution in [2.75, 3.05) is 6.54 Å². The smallest absolute Gasteiger partial charge is 0.260 e. The Morgan fingerprint density at radius 1 is 0.974 bits per heavy atom. The Balaban J connectivity index is 1.25. The summed E-state index contributed by atoms with van der Waals surface area (Å²) in [6.07, 6.45) is 7.02. The monoisotopic (exact) mass is 548 g/mol. The number of nitrogens with one attached hydrogen (secondary N) is 1. The maximum atomic E-state index is 13.6. The Labute approximate surface area is 232 Å². The van der Waals surface area contributed by atoms with Crippen LogP contribution < -0.4 is 5.32 Å². The van der Waals surface area contributed by atoms with Gasteiger partial charge < -0.3 is 10.2 Å². The highest BCUT2D eigenvalue weighted by Gasteiger charge is 2.40. The number of thioether (sulfide) groups is 1. The van der Waals surface area contributed by atoms with E-state index in [9.17, 15) is 14.0 Å². The van der Waals surface area contributed by atoms with Crippen LogP contribution in [0.2, 0.25) is 5.02 Å². The Morgan fingerprint density at radius 3 is 2.39 bits per heavy atom. The van der Waals surface area contributed by atoms with Crippen LogP contribution in [0.3, 0.4) is 0 Å². The number of carbonyl (C=O) groups excluding carboxylic acids is 2. The Bertz CT molecular complexity index is 1310. The van der Waals surface area contributed by atoms with Crippen LogP contribution in [0.5, 0.6) is 0 Å². The zero-order valence-electron chi connectivity index (χ0n) is 21.0. The average molecular weight is 549 g/mol. The van der Waals surface area contributed by atoms with Crippen LogP contribution in [-0.4, -0.2) is 34.6 Å². The van der Waals surface area contributed by atoms with Crippen LogP contribution in [0.4, 0.5) is 4.39 Å². The lowest BCUT2D eigenvalue weighted by atomic mass is 9.92. The van der Waals surface area contributed by atoms with Gasteiger partial charge >= 0.3 is 0 Å². The summed E-state index contributed by atoms with van der Waals surface area (Å²) in [5.41, 5.74) is 3.51. The van der Waals surface area contributed by atoms with Crippen LogP contribution in [0.1, 0.15) is 52.7 Å². The molecule has 0 aromatic heterocycles. The number of hydrogen-bond donors (Lipinski definition) is 1. The average Bonchev–Trinajstić information content (AvgIpc) is 2.93. The molecular formula is C31H30ClFN2O2S. The van der Waals surface area contributed by atoms with E-state index in [2.05, 4.69) is 5.32 Å². The molecule has 196 valence electrons. The molecule has 1 aliphatic heterocycles. The zero-order chi connectivity index (χ0) is 26.5. The van der Waals surface area contributed by atoms with E-state index in [4.69, 9.17) is 11.6 Å². The quantitative estimate of drug-likeness (QED) is 0.327. The molecule has 7 heteroatoms. The van der Waals surface area contributed by atoms with Gasteiger partial charge in [0.05, 0.1) is 4.91 Å². The summed E-state index contributed by atoms with van der Waals surface area (Å²) in [6.45, 7) is 1.01. The molecule has 1 saturated carbocycles. The second-order valence-electron chi connectivity index (χ2n) is 9.83. The van der Waals surface area contributed by atoms with E-state index in [0.717, 1.165) is 47.3 Å². The molecule has 0 spiro atoms. The second-order valence-corrected chi connectivity index (χ2v) is 11.5. The minimum atomic E-state index is -0.274. The topological polar surface area (TPSA) is 49.4 Å². The van der Waals surface area contributed by atoms with Gasteiger partial charge in [-0.1, -0.05) is 60.8 Å². The maximum absolute atomic E-state index is 13.6. The molecule has 2 aliphatic rings. The van der Waals surface area contributed by atoms with Gasteiger partial charge in [0.1, 0.15) is 5.82 Å². The molecule has 1 saturated heterocycles. The SMILES string of the molecule is O=C(NCCc1ccc(Cl)cc1)c1ccc(/C=C2\SC3CCCCC3N(Cc3ccc(F)cc3)C2=O)cc1. The van der Waals surface area contributed by atoms with E-state index in [1.807, 2.05) is 47.4 Å². The highest BCUT2D eigenvalue weighted by molar-refractivity contribution is 8.04. The van der Waals surface area contributed by atoms with E-state index >= 15 is 0 Å². The Kier molecular flexibility index (Phi) is 8.50. The van der Waals surface area contributed by atoms with Crippen molar-refractivity contribution in [1.29, 1.82) is 0 Å². The third-order valence-corrected chi connectivity index (χ3v) is 8.82. The molecule has 2 atom stereocenters. The van der Waals surface area contributed by atoms with Crippen molar-refractivity contribution in [2.24, 2.45) is 0 Å². The van der Waals surface area contributed by atoms with Gasteiger partial charge in [-0.3, -0.25) is 9.59 Å². The number of halogens is 2. The molecule has 0 bridgehead atoms. The molecule has 0 radical (unpaired) electrons. The molecule has 5 rings (SSSR count). The molecule has 2 fully saturated rings. The summed E-state index contributed by atoms with van der Waals surface area (Å²) in [5.74, 6) is -0.382. The fourth-order valence-corrected chi connectivity index (χ4v) is 6.70. The normalized spacial score (nSPS) is 20.3.